The molecule has 1 heterocycles. The summed E-state index contributed by atoms with van der Waals surface area (Å²) < 4.78 is 12.9. The number of halogens is 1. The normalized spacial score (nSPS) is 21.2. The highest BCUT2D eigenvalue weighted by atomic mass is 19.1. The lowest BCUT2D eigenvalue weighted by atomic mass is 9.94. The van der Waals surface area contributed by atoms with Gasteiger partial charge in [-0.2, -0.15) is 0 Å². The number of rotatable bonds is 2. The molecule has 1 aliphatic rings. The van der Waals surface area contributed by atoms with Crippen molar-refractivity contribution >= 4 is 0 Å². The summed E-state index contributed by atoms with van der Waals surface area (Å²) in [5, 5.41) is 0. The second-order valence-corrected chi connectivity index (χ2v) is 3.80. The molecule has 0 aliphatic heterocycles. The monoisotopic (exact) mass is 180 g/mol. The summed E-state index contributed by atoms with van der Waals surface area (Å²) in [7, 11) is 0. The molecule has 1 aromatic rings. The highest BCUT2D eigenvalue weighted by Gasteiger charge is 2.48. The fourth-order valence-electron chi connectivity index (χ4n) is 1.76. The van der Waals surface area contributed by atoms with Gasteiger partial charge in [-0.3, -0.25) is 4.98 Å². The van der Waals surface area contributed by atoms with E-state index in [1.807, 2.05) is 6.92 Å². The lowest BCUT2D eigenvalue weighted by molar-refractivity contribution is 0.533. The molecule has 3 heteroatoms. The third-order valence-electron chi connectivity index (χ3n) is 2.89. The highest BCUT2D eigenvalue weighted by Crippen LogP contribution is 2.49. The Morgan fingerprint density at radius 3 is 2.77 bits per heavy atom. The molecule has 0 amide bonds. The van der Waals surface area contributed by atoms with E-state index in [0.29, 0.717) is 0 Å². The van der Waals surface area contributed by atoms with Gasteiger partial charge in [-0.15, -0.1) is 0 Å². The molecule has 0 aromatic carbocycles. The van der Waals surface area contributed by atoms with Crippen molar-refractivity contribution in [2.24, 2.45) is 5.73 Å². The Morgan fingerprint density at radius 2 is 2.31 bits per heavy atom. The van der Waals surface area contributed by atoms with E-state index in [1.54, 1.807) is 0 Å². The largest absolute Gasteiger partial charge is 0.327 e. The van der Waals surface area contributed by atoms with Crippen molar-refractivity contribution in [1.82, 2.24) is 4.98 Å². The minimum atomic E-state index is -0.225. The Balaban J connectivity index is 2.35. The first kappa shape index (κ1) is 8.63. The zero-order chi connectivity index (χ0) is 9.47. The van der Waals surface area contributed by atoms with Crippen LogP contribution in [0.1, 0.15) is 25.5 Å². The van der Waals surface area contributed by atoms with Crippen molar-refractivity contribution in [3.63, 3.8) is 0 Å². The standard InChI is InChI=1S/C10H13FN2/c1-7(12)10(3-4-10)9-6-8(11)2-5-13-9/h2,5-7H,3-4,12H2,1H3. The average Bonchev–Trinajstić information content (AvgIpc) is 2.83. The molecule has 1 aromatic heterocycles. The summed E-state index contributed by atoms with van der Waals surface area (Å²) in [6.07, 6.45) is 3.56. The maximum Gasteiger partial charge on any atom is 0.126 e. The molecule has 2 nitrogen and oxygen atoms in total. The van der Waals surface area contributed by atoms with Crippen molar-refractivity contribution < 1.29 is 4.39 Å². The van der Waals surface area contributed by atoms with Gasteiger partial charge in [0.15, 0.2) is 0 Å². The van der Waals surface area contributed by atoms with Crippen LogP contribution in [-0.2, 0) is 5.41 Å². The number of hydrogen-bond acceptors (Lipinski definition) is 2. The second-order valence-electron chi connectivity index (χ2n) is 3.80. The molecular formula is C10H13FN2. The number of nitrogens with two attached hydrogens (primary N) is 1. The maximum absolute atomic E-state index is 12.9. The second kappa shape index (κ2) is 2.77. The molecule has 0 spiro atoms. The molecule has 2 N–H and O–H groups in total. The van der Waals surface area contributed by atoms with Crippen molar-refractivity contribution in [2.45, 2.75) is 31.2 Å². The van der Waals surface area contributed by atoms with E-state index < -0.39 is 0 Å². The number of aromatic nitrogens is 1. The highest BCUT2D eigenvalue weighted by molar-refractivity contribution is 5.27. The van der Waals surface area contributed by atoms with E-state index in [9.17, 15) is 4.39 Å². The first-order chi connectivity index (χ1) is 6.15. The van der Waals surface area contributed by atoms with Crippen LogP contribution in [0.25, 0.3) is 0 Å². The Bertz CT molecular complexity index is 318. The third kappa shape index (κ3) is 1.33. The topological polar surface area (TPSA) is 38.9 Å². The first-order valence-electron chi connectivity index (χ1n) is 4.53. The Morgan fingerprint density at radius 1 is 1.62 bits per heavy atom. The van der Waals surface area contributed by atoms with Gasteiger partial charge in [-0.25, -0.2) is 4.39 Å². The Hall–Kier alpha value is -0.960. The summed E-state index contributed by atoms with van der Waals surface area (Å²) in [5.74, 6) is -0.225. The molecule has 1 aliphatic carbocycles. The summed E-state index contributed by atoms with van der Waals surface area (Å²) >= 11 is 0. The van der Waals surface area contributed by atoms with E-state index in [0.717, 1.165) is 18.5 Å². The average molecular weight is 180 g/mol. The summed E-state index contributed by atoms with van der Waals surface area (Å²) in [4.78, 5) is 4.18. The van der Waals surface area contributed by atoms with Gasteiger partial charge in [0.25, 0.3) is 0 Å². The molecule has 0 radical (unpaired) electrons. The molecule has 1 fully saturated rings. The van der Waals surface area contributed by atoms with Gasteiger partial charge in [0.1, 0.15) is 5.82 Å². The molecule has 2 rings (SSSR count). The fourth-order valence-corrected chi connectivity index (χ4v) is 1.76. The van der Waals surface area contributed by atoms with Gasteiger partial charge < -0.3 is 5.73 Å². The van der Waals surface area contributed by atoms with Crippen LogP contribution in [0.2, 0.25) is 0 Å². The van der Waals surface area contributed by atoms with E-state index in [-0.39, 0.29) is 17.3 Å². The molecule has 1 atom stereocenters. The molecule has 13 heavy (non-hydrogen) atoms. The fraction of sp³-hybridized carbons (Fsp3) is 0.500. The molecule has 0 bridgehead atoms. The van der Waals surface area contributed by atoms with Gasteiger partial charge in [0, 0.05) is 17.7 Å². The molecule has 1 unspecified atom stereocenters. The minimum absolute atomic E-state index is 0.0396. The van der Waals surface area contributed by atoms with E-state index >= 15 is 0 Å². The van der Waals surface area contributed by atoms with Gasteiger partial charge in [0.05, 0.1) is 5.69 Å². The van der Waals surface area contributed by atoms with Crippen molar-refractivity contribution in [3.05, 3.63) is 29.8 Å². The van der Waals surface area contributed by atoms with Crippen LogP contribution < -0.4 is 5.73 Å². The smallest absolute Gasteiger partial charge is 0.126 e. The van der Waals surface area contributed by atoms with Crippen LogP contribution in [0.3, 0.4) is 0 Å². The lowest BCUT2D eigenvalue weighted by Crippen LogP contribution is -2.32. The first-order valence-corrected chi connectivity index (χ1v) is 4.53. The van der Waals surface area contributed by atoms with Crippen LogP contribution in [0.4, 0.5) is 4.39 Å². The van der Waals surface area contributed by atoms with Crippen LogP contribution >= 0.6 is 0 Å². The Kier molecular flexibility index (Phi) is 1.84. The quantitative estimate of drug-likeness (QED) is 0.750. The summed E-state index contributed by atoms with van der Waals surface area (Å²) in [6, 6.07) is 2.92. The minimum Gasteiger partial charge on any atom is -0.327 e. The number of pyridine rings is 1. The molecular weight excluding hydrogens is 167 g/mol. The predicted octanol–water partition coefficient (Wildman–Crippen LogP) is 1.60. The predicted molar refractivity (Wildman–Crippen MR) is 48.8 cm³/mol. The maximum atomic E-state index is 12.9. The zero-order valence-corrected chi connectivity index (χ0v) is 7.63. The number of hydrogen-bond donors (Lipinski definition) is 1. The van der Waals surface area contributed by atoms with Crippen LogP contribution in [0.5, 0.6) is 0 Å². The van der Waals surface area contributed by atoms with Crippen molar-refractivity contribution in [1.29, 1.82) is 0 Å². The van der Waals surface area contributed by atoms with Gasteiger partial charge in [-0.1, -0.05) is 0 Å². The van der Waals surface area contributed by atoms with Crippen LogP contribution in [0, 0.1) is 5.82 Å². The van der Waals surface area contributed by atoms with E-state index in [4.69, 9.17) is 5.73 Å². The zero-order valence-electron chi connectivity index (χ0n) is 7.63. The van der Waals surface area contributed by atoms with Crippen molar-refractivity contribution in [2.75, 3.05) is 0 Å². The molecule has 0 saturated heterocycles. The summed E-state index contributed by atoms with van der Waals surface area (Å²) in [5.41, 5.74) is 6.62. The third-order valence-corrected chi connectivity index (χ3v) is 2.89. The number of nitrogens with zero attached hydrogens (tertiary/aromatic N) is 1. The van der Waals surface area contributed by atoms with Crippen LogP contribution in [-0.4, -0.2) is 11.0 Å². The van der Waals surface area contributed by atoms with Gasteiger partial charge >= 0.3 is 0 Å². The van der Waals surface area contributed by atoms with Gasteiger partial charge in [-0.05, 0) is 31.9 Å². The van der Waals surface area contributed by atoms with E-state index in [2.05, 4.69) is 4.98 Å². The van der Waals surface area contributed by atoms with Crippen LogP contribution in [0.15, 0.2) is 18.3 Å². The van der Waals surface area contributed by atoms with Crippen molar-refractivity contribution in [3.8, 4) is 0 Å². The lowest BCUT2D eigenvalue weighted by Gasteiger charge is -2.18. The SMILES string of the molecule is CC(N)C1(c2cc(F)ccn2)CC1. The molecule has 70 valence electrons. The summed E-state index contributed by atoms with van der Waals surface area (Å²) in [6.45, 7) is 1.96. The Labute approximate surface area is 77.0 Å². The van der Waals surface area contributed by atoms with Gasteiger partial charge in [0.2, 0.25) is 0 Å². The molecule has 1 saturated carbocycles. The van der Waals surface area contributed by atoms with E-state index in [1.165, 1.54) is 18.3 Å².